The van der Waals surface area contributed by atoms with Gasteiger partial charge in [0.15, 0.2) is 0 Å². The zero-order chi connectivity index (χ0) is 19.5. The SMILES string of the molecule is O=C(NNC(=O)c1ccccc1Br)c1cccc(-n2nnc3ccccc32)c1. The molecule has 0 spiro atoms. The summed E-state index contributed by atoms with van der Waals surface area (Å²) >= 11 is 3.31. The minimum absolute atomic E-state index is 0.379. The number of para-hydroxylation sites is 1. The summed E-state index contributed by atoms with van der Waals surface area (Å²) in [4.78, 5) is 24.7. The van der Waals surface area contributed by atoms with E-state index >= 15 is 0 Å². The van der Waals surface area contributed by atoms with E-state index in [1.807, 2.05) is 30.3 Å². The number of fused-ring (bicyclic) bond motifs is 1. The van der Waals surface area contributed by atoms with Gasteiger partial charge in [-0.25, -0.2) is 4.68 Å². The molecule has 1 aromatic heterocycles. The molecule has 0 aliphatic heterocycles. The first-order valence-electron chi connectivity index (χ1n) is 8.39. The monoisotopic (exact) mass is 435 g/mol. The van der Waals surface area contributed by atoms with Crippen molar-refractivity contribution in [3.8, 4) is 5.69 Å². The minimum atomic E-state index is -0.438. The Labute approximate surface area is 168 Å². The van der Waals surface area contributed by atoms with Gasteiger partial charge in [0.05, 0.1) is 16.8 Å². The topological polar surface area (TPSA) is 88.9 Å². The van der Waals surface area contributed by atoms with Crippen LogP contribution in [0.2, 0.25) is 0 Å². The third-order valence-electron chi connectivity index (χ3n) is 4.11. The van der Waals surface area contributed by atoms with Crippen molar-refractivity contribution in [3.05, 3.63) is 88.4 Å². The summed E-state index contributed by atoms with van der Waals surface area (Å²) < 4.78 is 2.30. The number of carbonyl (C=O) groups excluding carboxylic acids is 2. The molecule has 1 heterocycles. The molecule has 0 saturated carbocycles. The molecule has 0 aliphatic rings. The molecule has 4 aromatic rings. The summed E-state index contributed by atoms with van der Waals surface area (Å²) in [6.07, 6.45) is 0. The molecule has 8 heteroatoms. The first-order chi connectivity index (χ1) is 13.6. The van der Waals surface area contributed by atoms with Crippen LogP contribution in [0.4, 0.5) is 0 Å². The lowest BCUT2D eigenvalue weighted by molar-refractivity contribution is 0.0846. The highest BCUT2D eigenvalue weighted by Crippen LogP contribution is 2.17. The molecular formula is C20H14BrN5O2. The van der Waals surface area contributed by atoms with Gasteiger partial charge < -0.3 is 0 Å². The molecule has 3 aromatic carbocycles. The molecule has 28 heavy (non-hydrogen) atoms. The molecule has 0 atom stereocenters. The molecule has 0 fully saturated rings. The van der Waals surface area contributed by atoms with E-state index in [1.54, 1.807) is 47.1 Å². The molecule has 0 unspecified atom stereocenters. The molecule has 0 radical (unpaired) electrons. The van der Waals surface area contributed by atoms with Crippen molar-refractivity contribution in [1.82, 2.24) is 25.8 Å². The fraction of sp³-hybridized carbons (Fsp3) is 0. The number of halogens is 1. The van der Waals surface area contributed by atoms with E-state index in [0.717, 1.165) is 11.0 Å². The van der Waals surface area contributed by atoms with Crippen LogP contribution in [0, 0.1) is 0 Å². The maximum atomic E-state index is 12.5. The molecule has 0 aliphatic carbocycles. The Balaban J connectivity index is 1.52. The van der Waals surface area contributed by atoms with Gasteiger partial charge in [0, 0.05) is 10.0 Å². The Hall–Kier alpha value is -3.52. The number of aromatic nitrogens is 3. The van der Waals surface area contributed by atoms with Crippen LogP contribution in [0.25, 0.3) is 16.7 Å². The Kier molecular flexibility index (Phi) is 4.86. The maximum absolute atomic E-state index is 12.5. The Bertz CT molecular complexity index is 1190. The van der Waals surface area contributed by atoms with Crippen LogP contribution in [-0.2, 0) is 0 Å². The Morgan fingerprint density at radius 2 is 1.61 bits per heavy atom. The van der Waals surface area contributed by atoms with Crippen molar-refractivity contribution < 1.29 is 9.59 Å². The average Bonchev–Trinajstić information content (AvgIpc) is 3.16. The molecular weight excluding hydrogens is 422 g/mol. The Morgan fingerprint density at radius 1 is 0.857 bits per heavy atom. The number of amides is 2. The fourth-order valence-corrected chi connectivity index (χ4v) is 3.20. The second kappa shape index (κ2) is 7.61. The number of hydrogen-bond donors (Lipinski definition) is 2. The molecule has 7 nitrogen and oxygen atoms in total. The van der Waals surface area contributed by atoms with Gasteiger partial charge in [-0.3, -0.25) is 20.4 Å². The zero-order valence-electron chi connectivity index (χ0n) is 14.5. The van der Waals surface area contributed by atoms with Gasteiger partial charge in [0.25, 0.3) is 11.8 Å². The summed E-state index contributed by atoms with van der Waals surface area (Å²) in [6, 6.07) is 21.4. The largest absolute Gasteiger partial charge is 0.270 e. The normalized spacial score (nSPS) is 10.6. The molecule has 138 valence electrons. The quantitative estimate of drug-likeness (QED) is 0.483. The lowest BCUT2D eigenvalue weighted by Gasteiger charge is -2.09. The average molecular weight is 436 g/mol. The first-order valence-corrected chi connectivity index (χ1v) is 9.19. The smallest absolute Gasteiger partial charge is 0.267 e. The van der Waals surface area contributed by atoms with Gasteiger partial charge in [0.1, 0.15) is 5.52 Å². The van der Waals surface area contributed by atoms with Crippen LogP contribution >= 0.6 is 15.9 Å². The van der Waals surface area contributed by atoms with Gasteiger partial charge in [-0.05, 0) is 58.4 Å². The van der Waals surface area contributed by atoms with E-state index in [4.69, 9.17) is 0 Å². The van der Waals surface area contributed by atoms with Crippen molar-refractivity contribution >= 4 is 38.8 Å². The third-order valence-corrected chi connectivity index (χ3v) is 4.80. The number of hydrazine groups is 1. The van der Waals surface area contributed by atoms with Crippen LogP contribution in [-0.4, -0.2) is 26.8 Å². The Morgan fingerprint density at radius 3 is 2.46 bits per heavy atom. The van der Waals surface area contributed by atoms with E-state index in [0.29, 0.717) is 21.3 Å². The zero-order valence-corrected chi connectivity index (χ0v) is 16.1. The van der Waals surface area contributed by atoms with E-state index in [2.05, 4.69) is 37.1 Å². The predicted octanol–water partition coefficient (Wildman–Crippen LogP) is 3.26. The van der Waals surface area contributed by atoms with Crippen LogP contribution in [0.5, 0.6) is 0 Å². The number of rotatable bonds is 3. The van der Waals surface area contributed by atoms with Crippen molar-refractivity contribution in [3.63, 3.8) is 0 Å². The van der Waals surface area contributed by atoms with Crippen LogP contribution < -0.4 is 10.9 Å². The van der Waals surface area contributed by atoms with E-state index < -0.39 is 11.8 Å². The summed E-state index contributed by atoms with van der Waals surface area (Å²) in [6.45, 7) is 0. The lowest BCUT2D eigenvalue weighted by atomic mass is 10.2. The number of benzene rings is 3. The van der Waals surface area contributed by atoms with E-state index in [-0.39, 0.29) is 0 Å². The lowest BCUT2D eigenvalue weighted by Crippen LogP contribution is -2.41. The highest BCUT2D eigenvalue weighted by Gasteiger charge is 2.13. The summed E-state index contributed by atoms with van der Waals surface area (Å²) in [5.41, 5.74) is 7.94. The van der Waals surface area contributed by atoms with Crippen LogP contribution in [0.1, 0.15) is 20.7 Å². The standard InChI is InChI=1S/C20H14BrN5O2/c21-16-9-2-1-8-15(16)20(28)24-23-19(27)13-6-5-7-14(12-13)26-18-11-4-3-10-17(18)22-25-26/h1-12H,(H,23,27)(H,24,28). The number of carbonyl (C=O) groups is 2. The van der Waals surface area contributed by atoms with Crippen molar-refractivity contribution in [2.45, 2.75) is 0 Å². The summed E-state index contributed by atoms with van der Waals surface area (Å²) in [7, 11) is 0. The van der Waals surface area contributed by atoms with Crippen molar-refractivity contribution in [2.24, 2.45) is 0 Å². The predicted molar refractivity (Wildman–Crippen MR) is 108 cm³/mol. The second-order valence-corrected chi connectivity index (χ2v) is 6.78. The van der Waals surface area contributed by atoms with Crippen molar-refractivity contribution in [2.75, 3.05) is 0 Å². The highest BCUT2D eigenvalue weighted by molar-refractivity contribution is 9.10. The number of nitrogens with one attached hydrogen (secondary N) is 2. The number of hydrogen-bond acceptors (Lipinski definition) is 4. The fourth-order valence-electron chi connectivity index (χ4n) is 2.74. The van der Waals surface area contributed by atoms with Gasteiger partial charge in [-0.15, -0.1) is 5.10 Å². The van der Waals surface area contributed by atoms with Crippen LogP contribution in [0.3, 0.4) is 0 Å². The highest BCUT2D eigenvalue weighted by atomic mass is 79.9. The van der Waals surface area contributed by atoms with Crippen LogP contribution in [0.15, 0.2) is 77.3 Å². The van der Waals surface area contributed by atoms with Gasteiger partial charge in [0.2, 0.25) is 0 Å². The van der Waals surface area contributed by atoms with E-state index in [1.165, 1.54) is 0 Å². The van der Waals surface area contributed by atoms with Gasteiger partial charge >= 0.3 is 0 Å². The van der Waals surface area contributed by atoms with Crippen molar-refractivity contribution in [1.29, 1.82) is 0 Å². The summed E-state index contributed by atoms with van der Waals surface area (Å²) in [5, 5.41) is 8.27. The molecule has 0 saturated heterocycles. The molecule has 0 bridgehead atoms. The first kappa shape index (κ1) is 17.9. The third kappa shape index (κ3) is 3.49. The van der Waals surface area contributed by atoms with E-state index in [9.17, 15) is 9.59 Å². The molecule has 2 N–H and O–H groups in total. The van der Waals surface area contributed by atoms with Gasteiger partial charge in [-0.2, -0.15) is 0 Å². The second-order valence-electron chi connectivity index (χ2n) is 5.93. The minimum Gasteiger partial charge on any atom is -0.267 e. The molecule has 4 rings (SSSR count). The molecule has 2 amide bonds. The maximum Gasteiger partial charge on any atom is 0.270 e. The van der Waals surface area contributed by atoms with Gasteiger partial charge in [-0.1, -0.05) is 35.5 Å². The number of nitrogens with zero attached hydrogens (tertiary/aromatic N) is 3. The summed E-state index contributed by atoms with van der Waals surface area (Å²) in [5.74, 6) is -0.856.